The van der Waals surface area contributed by atoms with Gasteiger partial charge in [-0.05, 0) is 56.2 Å². The minimum absolute atomic E-state index is 0.000304. The summed E-state index contributed by atoms with van der Waals surface area (Å²) in [5.41, 5.74) is 8.41. The van der Waals surface area contributed by atoms with Crippen molar-refractivity contribution < 1.29 is 14.4 Å². The van der Waals surface area contributed by atoms with Crippen molar-refractivity contribution >= 4 is 40.7 Å². The van der Waals surface area contributed by atoms with Gasteiger partial charge in [0.25, 0.3) is 11.8 Å². The van der Waals surface area contributed by atoms with Gasteiger partial charge < -0.3 is 10.2 Å². The number of aryl methyl sites for hydroxylation is 2. The van der Waals surface area contributed by atoms with Gasteiger partial charge in [-0.1, -0.05) is 29.3 Å². The highest BCUT2D eigenvalue weighted by Gasteiger charge is 2.37. The minimum atomic E-state index is -0.835. The molecule has 1 atom stereocenters. The Balaban J connectivity index is 1.48. The van der Waals surface area contributed by atoms with Crippen LogP contribution >= 0.6 is 11.6 Å². The maximum Gasteiger partial charge on any atom is 0.257 e. The number of hydrazine groups is 1. The van der Waals surface area contributed by atoms with Crippen LogP contribution in [0, 0.1) is 19.8 Å². The van der Waals surface area contributed by atoms with Gasteiger partial charge in [0.15, 0.2) is 0 Å². The Hall–Kier alpha value is -3.06. The molecule has 3 amide bonds. The molecule has 1 aliphatic rings. The number of hydrogen-bond acceptors (Lipinski definition) is 4. The molecule has 0 spiro atoms. The van der Waals surface area contributed by atoms with Gasteiger partial charge in [-0.2, -0.15) is 0 Å². The lowest BCUT2D eigenvalue weighted by Gasteiger charge is -2.17. The molecule has 0 saturated carbocycles. The zero-order valence-electron chi connectivity index (χ0n) is 16.3. The van der Waals surface area contributed by atoms with Crippen molar-refractivity contribution in [2.45, 2.75) is 20.3 Å². The zero-order valence-corrected chi connectivity index (χ0v) is 17.0. The lowest BCUT2D eigenvalue weighted by atomic mass is 10.1. The van der Waals surface area contributed by atoms with E-state index in [0.29, 0.717) is 23.7 Å². The average Bonchev–Trinajstić information content (AvgIpc) is 3.07. The van der Waals surface area contributed by atoms with Gasteiger partial charge in [-0.15, -0.1) is 0 Å². The first kappa shape index (κ1) is 20.7. The van der Waals surface area contributed by atoms with E-state index in [1.807, 2.05) is 32.0 Å². The van der Waals surface area contributed by atoms with E-state index < -0.39 is 17.7 Å². The highest BCUT2D eigenvalue weighted by molar-refractivity contribution is 6.30. The zero-order chi connectivity index (χ0) is 21.0. The van der Waals surface area contributed by atoms with E-state index in [2.05, 4.69) is 16.2 Å². The fourth-order valence-corrected chi connectivity index (χ4v) is 3.38. The van der Waals surface area contributed by atoms with Crippen LogP contribution in [0.1, 0.15) is 17.5 Å². The van der Waals surface area contributed by atoms with E-state index in [0.717, 1.165) is 16.8 Å². The van der Waals surface area contributed by atoms with Gasteiger partial charge in [0.1, 0.15) is 5.92 Å². The number of carbonyl (C=O) groups excluding carboxylic acids is 3. The predicted octanol–water partition coefficient (Wildman–Crippen LogP) is 2.57. The fourth-order valence-electron chi connectivity index (χ4n) is 3.25. The van der Waals surface area contributed by atoms with E-state index in [-0.39, 0.29) is 12.5 Å². The third kappa shape index (κ3) is 5.06. The lowest BCUT2D eigenvalue weighted by Crippen LogP contribution is -2.48. The van der Waals surface area contributed by atoms with Crippen LogP contribution in [0.2, 0.25) is 5.02 Å². The average molecular weight is 415 g/mol. The maximum absolute atomic E-state index is 12.6. The molecule has 1 heterocycles. The number of amides is 3. The molecule has 1 fully saturated rings. The Morgan fingerprint density at radius 1 is 1.10 bits per heavy atom. The highest BCUT2D eigenvalue weighted by atomic mass is 35.5. The SMILES string of the molecule is Cc1ccc(NCC(=O)NNC(=O)C2CCN(c3ccc(Cl)cc3)C2=O)c(C)c1. The van der Waals surface area contributed by atoms with Crippen molar-refractivity contribution in [1.29, 1.82) is 0 Å². The summed E-state index contributed by atoms with van der Waals surface area (Å²) in [6.07, 6.45) is 0.379. The third-order valence-corrected chi connectivity index (χ3v) is 5.06. The molecule has 1 saturated heterocycles. The number of nitrogens with one attached hydrogen (secondary N) is 3. The summed E-state index contributed by atoms with van der Waals surface area (Å²) in [5, 5.41) is 3.60. The van der Waals surface area contributed by atoms with Crippen molar-refractivity contribution in [3.8, 4) is 0 Å². The second kappa shape index (κ2) is 8.96. The van der Waals surface area contributed by atoms with E-state index in [1.165, 1.54) is 0 Å². The molecule has 3 N–H and O–H groups in total. The summed E-state index contributed by atoms with van der Waals surface area (Å²) >= 11 is 5.87. The first-order valence-electron chi connectivity index (χ1n) is 9.32. The van der Waals surface area contributed by atoms with E-state index in [1.54, 1.807) is 29.2 Å². The van der Waals surface area contributed by atoms with Gasteiger partial charge in [-0.25, -0.2) is 0 Å². The van der Waals surface area contributed by atoms with Crippen LogP contribution in [-0.2, 0) is 14.4 Å². The van der Waals surface area contributed by atoms with E-state index in [9.17, 15) is 14.4 Å². The van der Waals surface area contributed by atoms with Gasteiger partial charge in [0.05, 0.1) is 6.54 Å². The molecule has 7 nitrogen and oxygen atoms in total. The Bertz CT molecular complexity index is 930. The smallest absolute Gasteiger partial charge is 0.257 e. The maximum atomic E-state index is 12.6. The number of nitrogens with zero attached hydrogens (tertiary/aromatic N) is 1. The predicted molar refractivity (Wildman–Crippen MR) is 113 cm³/mol. The molecule has 0 bridgehead atoms. The number of anilines is 2. The minimum Gasteiger partial charge on any atom is -0.376 e. The normalized spacial score (nSPS) is 15.9. The van der Waals surface area contributed by atoms with Crippen LogP contribution in [0.15, 0.2) is 42.5 Å². The first-order chi connectivity index (χ1) is 13.8. The molecular weight excluding hydrogens is 392 g/mol. The van der Waals surface area contributed by atoms with Crippen molar-refractivity contribution in [2.75, 3.05) is 23.3 Å². The molecule has 29 heavy (non-hydrogen) atoms. The summed E-state index contributed by atoms with van der Waals surface area (Å²) in [6, 6.07) is 12.7. The van der Waals surface area contributed by atoms with E-state index >= 15 is 0 Å². The van der Waals surface area contributed by atoms with Crippen LogP contribution < -0.4 is 21.1 Å². The molecule has 2 aromatic carbocycles. The largest absolute Gasteiger partial charge is 0.376 e. The standard InChI is InChI=1S/C21H23ClN4O3/c1-13-3-8-18(14(2)11-13)23-12-19(27)24-25-20(28)17-9-10-26(21(17)29)16-6-4-15(22)5-7-16/h3-8,11,17,23H,9-10,12H2,1-2H3,(H,24,27)(H,25,28). The van der Waals surface area contributed by atoms with E-state index in [4.69, 9.17) is 11.6 Å². The molecule has 8 heteroatoms. The van der Waals surface area contributed by atoms with Gasteiger partial charge >= 0.3 is 0 Å². The second-order valence-corrected chi connectivity index (χ2v) is 7.45. The molecule has 3 rings (SSSR count). The molecule has 0 aliphatic carbocycles. The third-order valence-electron chi connectivity index (χ3n) is 4.81. The topological polar surface area (TPSA) is 90.5 Å². The Labute approximate surface area is 174 Å². The molecule has 2 aromatic rings. The summed E-state index contributed by atoms with van der Waals surface area (Å²) < 4.78 is 0. The molecule has 0 aromatic heterocycles. The van der Waals surface area contributed by atoms with Crippen molar-refractivity contribution in [1.82, 2.24) is 10.9 Å². The summed E-state index contributed by atoms with van der Waals surface area (Å²) in [4.78, 5) is 38.5. The fraction of sp³-hybridized carbons (Fsp3) is 0.286. The highest BCUT2D eigenvalue weighted by Crippen LogP contribution is 2.26. The molecule has 1 unspecified atom stereocenters. The number of rotatable bonds is 5. The van der Waals surface area contributed by atoms with Crippen LogP contribution in [-0.4, -0.2) is 30.8 Å². The molecule has 152 valence electrons. The quantitative estimate of drug-likeness (QED) is 0.518. The van der Waals surface area contributed by atoms with Crippen LogP contribution in [0.5, 0.6) is 0 Å². The van der Waals surface area contributed by atoms with Crippen LogP contribution in [0.4, 0.5) is 11.4 Å². The first-order valence-corrected chi connectivity index (χ1v) is 9.69. The molecule has 0 radical (unpaired) electrons. The number of carbonyl (C=O) groups is 3. The number of hydrogen-bond donors (Lipinski definition) is 3. The second-order valence-electron chi connectivity index (χ2n) is 7.02. The molecule has 1 aliphatic heterocycles. The Morgan fingerprint density at radius 2 is 1.83 bits per heavy atom. The summed E-state index contributed by atoms with van der Waals surface area (Å²) in [7, 11) is 0. The molecular formula is C21H23ClN4O3. The van der Waals surface area contributed by atoms with Crippen molar-refractivity contribution in [3.63, 3.8) is 0 Å². The van der Waals surface area contributed by atoms with Gasteiger partial charge in [0, 0.05) is 22.9 Å². The number of halogens is 1. The lowest BCUT2D eigenvalue weighted by molar-refractivity contribution is -0.135. The monoisotopic (exact) mass is 414 g/mol. The van der Waals surface area contributed by atoms with Gasteiger partial charge in [-0.3, -0.25) is 25.2 Å². The Morgan fingerprint density at radius 3 is 2.52 bits per heavy atom. The summed E-state index contributed by atoms with van der Waals surface area (Å²) in [5.74, 6) is -2.06. The van der Waals surface area contributed by atoms with Crippen molar-refractivity contribution in [3.05, 3.63) is 58.6 Å². The van der Waals surface area contributed by atoms with Crippen LogP contribution in [0.25, 0.3) is 0 Å². The van der Waals surface area contributed by atoms with Gasteiger partial charge in [0.2, 0.25) is 5.91 Å². The number of benzene rings is 2. The Kier molecular flexibility index (Phi) is 6.39. The summed E-state index contributed by atoms with van der Waals surface area (Å²) in [6.45, 7) is 4.38. The van der Waals surface area contributed by atoms with Crippen LogP contribution in [0.3, 0.4) is 0 Å². The van der Waals surface area contributed by atoms with Crippen molar-refractivity contribution in [2.24, 2.45) is 5.92 Å².